The number of hydrogen-bond acceptors (Lipinski definition) is 4. The van der Waals surface area contributed by atoms with Crippen LogP contribution in [0.15, 0.2) is 48.5 Å². The van der Waals surface area contributed by atoms with Crippen LogP contribution in [0.25, 0.3) is 6.08 Å². The Morgan fingerprint density at radius 1 is 0.976 bits per heavy atom. The first-order valence-electron chi connectivity index (χ1n) is 12.1. The third kappa shape index (κ3) is 6.51. The summed E-state index contributed by atoms with van der Waals surface area (Å²) in [5.74, 6) is -9.55. The standard InChI is InChI=1S/C29H23ClF5N3O3/c1-15-29(16(2)38(37-15)13-21-24(31)26(33)28(35)27(34)25(21)32)36-23(39)11-5-17-4-10-22(40-3)18(12-17)14-41-20-8-6-19(30)7-9-20/h4-12H,13-14H2,1-3H3,(H,36,39)/b11-5-. The van der Waals surface area contributed by atoms with Gasteiger partial charge >= 0.3 is 0 Å². The monoisotopic (exact) mass is 591 g/mol. The molecular weight excluding hydrogens is 569 g/mol. The van der Waals surface area contributed by atoms with E-state index < -0.39 is 47.1 Å². The zero-order valence-corrected chi connectivity index (χ0v) is 22.8. The Kier molecular flexibility index (Phi) is 8.97. The SMILES string of the molecule is COc1ccc(/C=C\C(=O)Nc2c(C)nn(Cc3c(F)c(F)c(F)c(F)c3F)c2C)cc1COc1ccc(Cl)cc1. The van der Waals surface area contributed by atoms with E-state index in [2.05, 4.69) is 10.4 Å². The van der Waals surface area contributed by atoms with Crippen molar-refractivity contribution in [1.82, 2.24) is 9.78 Å². The van der Waals surface area contributed by atoms with Crippen molar-refractivity contribution < 1.29 is 36.2 Å². The fourth-order valence-electron chi connectivity index (χ4n) is 4.01. The van der Waals surface area contributed by atoms with Crippen LogP contribution in [0, 0.1) is 42.9 Å². The average Bonchev–Trinajstić information content (AvgIpc) is 3.23. The number of aromatic nitrogens is 2. The molecule has 12 heteroatoms. The minimum absolute atomic E-state index is 0.194. The van der Waals surface area contributed by atoms with Crippen LogP contribution in [0.5, 0.6) is 11.5 Å². The Labute approximate surface area is 237 Å². The molecule has 0 aliphatic carbocycles. The van der Waals surface area contributed by atoms with Crippen LogP contribution >= 0.6 is 11.6 Å². The maximum absolute atomic E-state index is 14.2. The molecule has 4 aromatic rings. The van der Waals surface area contributed by atoms with Crippen LogP contribution in [0.4, 0.5) is 27.6 Å². The number of aryl methyl sites for hydroxylation is 1. The van der Waals surface area contributed by atoms with Crippen LogP contribution in [0.3, 0.4) is 0 Å². The quantitative estimate of drug-likeness (QED) is 0.0973. The van der Waals surface area contributed by atoms with Gasteiger partial charge in [-0.1, -0.05) is 17.7 Å². The molecule has 0 aliphatic heterocycles. The predicted molar refractivity (Wildman–Crippen MR) is 143 cm³/mol. The summed E-state index contributed by atoms with van der Waals surface area (Å²) < 4.78 is 81.2. The molecular formula is C29H23ClF5N3O3. The smallest absolute Gasteiger partial charge is 0.248 e. The summed E-state index contributed by atoms with van der Waals surface area (Å²) >= 11 is 5.90. The molecule has 1 amide bonds. The summed E-state index contributed by atoms with van der Waals surface area (Å²) in [6.45, 7) is 2.47. The second-order valence-electron chi connectivity index (χ2n) is 8.89. The van der Waals surface area contributed by atoms with Gasteiger partial charge in [0.15, 0.2) is 23.3 Å². The number of methoxy groups -OCH3 is 1. The summed E-state index contributed by atoms with van der Waals surface area (Å²) in [7, 11) is 1.53. The normalized spacial score (nSPS) is 11.2. The number of carbonyl (C=O) groups is 1. The van der Waals surface area contributed by atoms with E-state index >= 15 is 0 Å². The summed E-state index contributed by atoms with van der Waals surface area (Å²) in [6.07, 6.45) is 2.83. The highest BCUT2D eigenvalue weighted by Gasteiger charge is 2.27. The van der Waals surface area contributed by atoms with Gasteiger partial charge in [-0.25, -0.2) is 22.0 Å². The zero-order chi connectivity index (χ0) is 29.8. The van der Waals surface area contributed by atoms with Gasteiger partial charge in [0.1, 0.15) is 18.1 Å². The summed E-state index contributed by atoms with van der Waals surface area (Å²) in [5.41, 5.74) is 1.12. The van der Waals surface area contributed by atoms with Gasteiger partial charge in [0.05, 0.1) is 36.3 Å². The Balaban J connectivity index is 1.48. The lowest BCUT2D eigenvalue weighted by molar-refractivity contribution is -0.111. The van der Waals surface area contributed by atoms with E-state index in [0.29, 0.717) is 22.1 Å². The number of hydrogen-bond donors (Lipinski definition) is 1. The number of amides is 1. The van der Waals surface area contributed by atoms with Crippen molar-refractivity contribution in [2.75, 3.05) is 12.4 Å². The maximum Gasteiger partial charge on any atom is 0.248 e. The van der Waals surface area contributed by atoms with Crippen LogP contribution < -0.4 is 14.8 Å². The van der Waals surface area contributed by atoms with E-state index in [9.17, 15) is 26.7 Å². The lowest BCUT2D eigenvalue weighted by Gasteiger charge is -2.11. The fourth-order valence-corrected chi connectivity index (χ4v) is 4.14. The van der Waals surface area contributed by atoms with E-state index in [-0.39, 0.29) is 23.7 Å². The van der Waals surface area contributed by atoms with Crippen molar-refractivity contribution in [2.45, 2.75) is 27.0 Å². The van der Waals surface area contributed by atoms with Gasteiger partial charge in [-0.3, -0.25) is 9.48 Å². The molecule has 1 heterocycles. The molecule has 0 saturated heterocycles. The minimum Gasteiger partial charge on any atom is -0.496 e. The lowest BCUT2D eigenvalue weighted by atomic mass is 10.1. The Hall–Kier alpha value is -4.38. The molecule has 6 nitrogen and oxygen atoms in total. The van der Waals surface area contributed by atoms with Crippen LogP contribution in [0.2, 0.25) is 5.02 Å². The number of benzene rings is 3. The molecule has 0 radical (unpaired) electrons. The van der Waals surface area contributed by atoms with Crippen molar-refractivity contribution in [3.05, 3.63) is 111 Å². The first kappa shape index (κ1) is 29.6. The Bertz CT molecular complexity index is 1610. The number of nitrogens with one attached hydrogen (secondary N) is 1. The number of nitrogens with zero attached hydrogens (tertiary/aromatic N) is 2. The van der Waals surface area contributed by atoms with Gasteiger partial charge in [0.25, 0.3) is 0 Å². The number of rotatable bonds is 9. The third-order valence-electron chi connectivity index (χ3n) is 6.18. The molecule has 4 rings (SSSR count). The van der Waals surface area contributed by atoms with Gasteiger partial charge in [-0.15, -0.1) is 0 Å². The summed E-state index contributed by atoms with van der Waals surface area (Å²) in [6, 6.07) is 12.1. The van der Waals surface area contributed by atoms with E-state index in [0.717, 1.165) is 10.2 Å². The molecule has 0 bridgehead atoms. The van der Waals surface area contributed by atoms with Gasteiger partial charge in [-0.05, 0) is 61.9 Å². The van der Waals surface area contributed by atoms with Crippen molar-refractivity contribution >= 4 is 29.3 Å². The molecule has 3 aromatic carbocycles. The Morgan fingerprint density at radius 2 is 1.61 bits per heavy atom. The number of ether oxygens (including phenoxy) is 2. The van der Waals surface area contributed by atoms with Crippen molar-refractivity contribution in [3.8, 4) is 11.5 Å². The molecule has 1 aromatic heterocycles. The van der Waals surface area contributed by atoms with Crippen molar-refractivity contribution in [3.63, 3.8) is 0 Å². The maximum atomic E-state index is 14.2. The first-order chi connectivity index (χ1) is 19.5. The largest absolute Gasteiger partial charge is 0.496 e. The molecule has 214 valence electrons. The van der Waals surface area contributed by atoms with Gasteiger partial charge in [0, 0.05) is 16.7 Å². The van der Waals surface area contributed by atoms with Crippen LogP contribution in [-0.2, 0) is 17.9 Å². The zero-order valence-electron chi connectivity index (χ0n) is 22.0. The molecule has 0 unspecified atom stereocenters. The molecule has 0 aliphatic rings. The number of anilines is 1. The third-order valence-corrected chi connectivity index (χ3v) is 6.43. The first-order valence-corrected chi connectivity index (χ1v) is 12.5. The highest BCUT2D eigenvalue weighted by atomic mass is 35.5. The number of carbonyl (C=O) groups excluding carboxylic acids is 1. The van der Waals surface area contributed by atoms with E-state index in [1.54, 1.807) is 48.5 Å². The second-order valence-corrected chi connectivity index (χ2v) is 9.32. The molecule has 0 atom stereocenters. The molecule has 0 fully saturated rings. The topological polar surface area (TPSA) is 65.4 Å². The number of halogens is 6. The van der Waals surface area contributed by atoms with E-state index in [1.165, 1.54) is 27.0 Å². The van der Waals surface area contributed by atoms with Gasteiger partial charge in [0.2, 0.25) is 11.7 Å². The van der Waals surface area contributed by atoms with E-state index in [4.69, 9.17) is 21.1 Å². The Morgan fingerprint density at radius 3 is 2.24 bits per heavy atom. The highest BCUT2D eigenvalue weighted by molar-refractivity contribution is 6.30. The van der Waals surface area contributed by atoms with Crippen molar-refractivity contribution in [2.24, 2.45) is 0 Å². The van der Waals surface area contributed by atoms with Crippen molar-refractivity contribution in [1.29, 1.82) is 0 Å². The predicted octanol–water partition coefficient (Wildman–Crippen LogP) is 7.14. The average molecular weight is 592 g/mol. The van der Waals surface area contributed by atoms with Gasteiger partial charge < -0.3 is 14.8 Å². The minimum atomic E-state index is -2.24. The van der Waals surface area contributed by atoms with E-state index in [1.807, 2.05) is 0 Å². The molecule has 0 spiro atoms. The highest BCUT2D eigenvalue weighted by Crippen LogP contribution is 2.27. The second kappa shape index (κ2) is 12.4. The molecule has 1 N–H and O–H groups in total. The molecule has 0 saturated carbocycles. The van der Waals surface area contributed by atoms with Crippen LogP contribution in [0.1, 0.15) is 28.1 Å². The fraction of sp³-hybridized carbons (Fsp3) is 0.172. The summed E-state index contributed by atoms with van der Waals surface area (Å²) in [4.78, 5) is 12.7. The lowest BCUT2D eigenvalue weighted by Crippen LogP contribution is -2.13. The van der Waals surface area contributed by atoms with Gasteiger partial charge in [-0.2, -0.15) is 5.10 Å². The van der Waals surface area contributed by atoms with Crippen LogP contribution in [-0.4, -0.2) is 22.8 Å². The summed E-state index contributed by atoms with van der Waals surface area (Å²) in [5, 5.41) is 7.31. The molecule has 41 heavy (non-hydrogen) atoms.